The van der Waals surface area contributed by atoms with Crippen molar-refractivity contribution < 1.29 is 9.59 Å². The predicted octanol–water partition coefficient (Wildman–Crippen LogP) is 4.72. The van der Waals surface area contributed by atoms with Crippen molar-refractivity contribution in [3.05, 3.63) is 70.8 Å². The van der Waals surface area contributed by atoms with E-state index in [1.807, 2.05) is 56.3 Å². The van der Waals surface area contributed by atoms with Crippen molar-refractivity contribution in [2.24, 2.45) is 0 Å². The number of para-hydroxylation sites is 1. The van der Waals surface area contributed by atoms with Crippen molar-refractivity contribution in [3.8, 4) is 0 Å². The van der Waals surface area contributed by atoms with Crippen LogP contribution in [0.4, 0.5) is 0 Å². The molecule has 4 rings (SSSR count). The highest BCUT2D eigenvalue weighted by molar-refractivity contribution is 7.99. The van der Waals surface area contributed by atoms with Crippen molar-refractivity contribution in [3.63, 3.8) is 0 Å². The topological polar surface area (TPSA) is 59.1 Å². The number of rotatable bonds is 6. The van der Waals surface area contributed by atoms with Crippen LogP contribution in [-0.2, 0) is 0 Å². The minimum atomic E-state index is -0.0661. The van der Waals surface area contributed by atoms with E-state index in [4.69, 9.17) is 0 Å². The average Bonchev–Trinajstić information content (AvgIpc) is 3.49. The Balaban J connectivity index is 1.58. The molecule has 0 aliphatic heterocycles. The number of Topliss-reactive ketones (excluding diaryl/α,β-unsaturated/α-hetero) is 1. The first-order chi connectivity index (χ1) is 13.5. The number of aromatic nitrogens is 1. The number of amides is 1. The van der Waals surface area contributed by atoms with Gasteiger partial charge in [-0.05, 0) is 44.4 Å². The molecule has 0 unspecified atom stereocenters. The first kappa shape index (κ1) is 18.7. The van der Waals surface area contributed by atoms with Gasteiger partial charge in [0.2, 0.25) is 0 Å². The number of carbonyl (C=O) groups excluding carboxylic acids is 2. The molecule has 2 aromatic carbocycles. The van der Waals surface area contributed by atoms with E-state index in [1.165, 1.54) is 11.8 Å². The lowest BCUT2D eigenvalue weighted by molar-refractivity contribution is 0.0951. The number of hydrogen-bond acceptors (Lipinski definition) is 4. The van der Waals surface area contributed by atoms with E-state index in [-0.39, 0.29) is 11.7 Å². The van der Waals surface area contributed by atoms with Crippen LogP contribution in [0, 0.1) is 13.8 Å². The van der Waals surface area contributed by atoms with Gasteiger partial charge in [-0.1, -0.05) is 53.7 Å². The second kappa shape index (κ2) is 7.76. The van der Waals surface area contributed by atoms with E-state index >= 15 is 0 Å². The molecule has 0 radical (unpaired) electrons. The van der Waals surface area contributed by atoms with Crippen LogP contribution in [-0.4, -0.2) is 28.5 Å². The summed E-state index contributed by atoms with van der Waals surface area (Å²) in [6.07, 6.45) is 2.08. The number of aryl methyl sites for hydroxylation is 2. The maximum Gasteiger partial charge on any atom is 0.252 e. The van der Waals surface area contributed by atoms with Gasteiger partial charge < -0.3 is 5.32 Å². The molecule has 1 heterocycles. The molecule has 3 aromatic rings. The summed E-state index contributed by atoms with van der Waals surface area (Å²) < 4.78 is 0. The van der Waals surface area contributed by atoms with Gasteiger partial charge in [-0.25, -0.2) is 4.98 Å². The highest BCUT2D eigenvalue weighted by atomic mass is 32.2. The number of benzene rings is 2. The Bertz CT molecular complexity index is 1070. The molecule has 1 amide bonds. The van der Waals surface area contributed by atoms with Crippen LogP contribution in [0.5, 0.6) is 0 Å². The number of fused-ring (bicyclic) bond motifs is 1. The third kappa shape index (κ3) is 4.09. The number of carbonyl (C=O) groups is 2. The van der Waals surface area contributed by atoms with E-state index in [2.05, 4.69) is 10.3 Å². The second-order valence-electron chi connectivity index (χ2n) is 7.30. The number of pyridine rings is 1. The first-order valence-electron chi connectivity index (χ1n) is 9.45. The molecule has 4 nitrogen and oxygen atoms in total. The standard InChI is InChI=1S/C23H22N2O2S/c1-14-7-10-17(15(2)11-14)21(26)13-28-22-12-19(23(27)24-16-8-9-16)18-5-3-4-6-20(18)25-22/h3-7,10-12,16H,8-9,13H2,1-2H3,(H,24,27). The van der Waals surface area contributed by atoms with E-state index in [0.29, 0.717) is 22.4 Å². The molecule has 1 N–H and O–H groups in total. The normalized spacial score (nSPS) is 13.5. The van der Waals surface area contributed by atoms with Crippen LogP contribution in [0.15, 0.2) is 53.6 Å². The number of nitrogens with one attached hydrogen (secondary N) is 1. The summed E-state index contributed by atoms with van der Waals surface area (Å²) in [5.74, 6) is 0.295. The molecule has 1 aliphatic rings. The Morgan fingerprint density at radius 3 is 2.61 bits per heavy atom. The molecule has 0 saturated heterocycles. The number of ketones is 1. The zero-order valence-electron chi connectivity index (χ0n) is 16.0. The summed E-state index contributed by atoms with van der Waals surface area (Å²) in [4.78, 5) is 30.0. The fraction of sp³-hybridized carbons (Fsp3) is 0.261. The summed E-state index contributed by atoms with van der Waals surface area (Å²) >= 11 is 1.38. The zero-order chi connectivity index (χ0) is 19.7. The van der Waals surface area contributed by atoms with Crippen molar-refractivity contribution in [2.45, 2.75) is 37.8 Å². The predicted molar refractivity (Wildman–Crippen MR) is 113 cm³/mol. The van der Waals surface area contributed by atoms with Crippen molar-refractivity contribution in [2.75, 3.05) is 5.75 Å². The average molecular weight is 391 g/mol. The number of thioether (sulfide) groups is 1. The molecule has 1 aliphatic carbocycles. The SMILES string of the molecule is Cc1ccc(C(=O)CSc2cc(C(=O)NC3CC3)c3ccccc3n2)c(C)c1. The molecular weight excluding hydrogens is 368 g/mol. The summed E-state index contributed by atoms with van der Waals surface area (Å²) in [6.45, 7) is 3.97. The summed E-state index contributed by atoms with van der Waals surface area (Å²) in [5, 5.41) is 4.58. The van der Waals surface area contributed by atoms with Crippen LogP contribution < -0.4 is 5.32 Å². The van der Waals surface area contributed by atoms with Gasteiger partial charge in [0, 0.05) is 17.0 Å². The molecule has 0 spiro atoms. The van der Waals surface area contributed by atoms with Crippen LogP contribution in [0.2, 0.25) is 0 Å². The van der Waals surface area contributed by atoms with Gasteiger partial charge in [0.05, 0.1) is 21.9 Å². The molecular formula is C23H22N2O2S. The zero-order valence-corrected chi connectivity index (χ0v) is 16.8. The molecule has 1 fully saturated rings. The third-order valence-electron chi connectivity index (χ3n) is 4.88. The molecule has 28 heavy (non-hydrogen) atoms. The maximum absolute atomic E-state index is 12.7. The highest BCUT2D eigenvalue weighted by Crippen LogP contribution is 2.27. The first-order valence-corrected chi connectivity index (χ1v) is 10.4. The molecule has 1 aromatic heterocycles. The van der Waals surface area contributed by atoms with E-state index in [1.54, 1.807) is 6.07 Å². The molecule has 0 bridgehead atoms. The lowest BCUT2D eigenvalue weighted by Crippen LogP contribution is -2.25. The molecule has 142 valence electrons. The van der Waals surface area contributed by atoms with Crippen LogP contribution >= 0.6 is 11.8 Å². The summed E-state index contributed by atoms with van der Waals surface area (Å²) in [6, 6.07) is 15.6. The van der Waals surface area contributed by atoms with Gasteiger partial charge in [-0.3, -0.25) is 9.59 Å². The third-order valence-corrected chi connectivity index (χ3v) is 5.79. The lowest BCUT2D eigenvalue weighted by atomic mass is 10.0. The van der Waals surface area contributed by atoms with Gasteiger partial charge in [0.25, 0.3) is 5.91 Å². The Hall–Kier alpha value is -2.66. The quantitative estimate of drug-likeness (QED) is 0.489. The van der Waals surface area contributed by atoms with Crippen LogP contribution in [0.25, 0.3) is 10.9 Å². The van der Waals surface area contributed by atoms with Gasteiger partial charge in [-0.2, -0.15) is 0 Å². The maximum atomic E-state index is 12.7. The van der Waals surface area contributed by atoms with Crippen molar-refractivity contribution in [1.29, 1.82) is 0 Å². The Morgan fingerprint density at radius 1 is 1.07 bits per heavy atom. The minimum absolute atomic E-state index is 0.0661. The monoisotopic (exact) mass is 390 g/mol. The molecule has 1 saturated carbocycles. The van der Waals surface area contributed by atoms with Gasteiger partial charge in [-0.15, -0.1) is 0 Å². The summed E-state index contributed by atoms with van der Waals surface area (Å²) in [5.41, 5.74) is 4.27. The number of nitrogens with zero attached hydrogens (tertiary/aromatic N) is 1. The highest BCUT2D eigenvalue weighted by Gasteiger charge is 2.25. The number of hydrogen-bond donors (Lipinski definition) is 1. The minimum Gasteiger partial charge on any atom is -0.349 e. The Labute approximate surface area is 168 Å². The second-order valence-corrected chi connectivity index (χ2v) is 8.30. The largest absolute Gasteiger partial charge is 0.349 e. The van der Waals surface area contributed by atoms with Gasteiger partial charge in [0.1, 0.15) is 0 Å². The van der Waals surface area contributed by atoms with Crippen molar-refractivity contribution >= 4 is 34.4 Å². The van der Waals surface area contributed by atoms with Crippen molar-refractivity contribution in [1.82, 2.24) is 10.3 Å². The molecule has 0 atom stereocenters. The van der Waals surface area contributed by atoms with Gasteiger partial charge >= 0.3 is 0 Å². The smallest absolute Gasteiger partial charge is 0.252 e. The van der Waals surface area contributed by atoms with E-state index in [9.17, 15) is 9.59 Å². The molecule has 5 heteroatoms. The fourth-order valence-electron chi connectivity index (χ4n) is 3.25. The van der Waals surface area contributed by atoms with Gasteiger partial charge in [0.15, 0.2) is 5.78 Å². The van der Waals surface area contributed by atoms with Crippen LogP contribution in [0.1, 0.15) is 44.7 Å². The van der Waals surface area contributed by atoms with E-state index < -0.39 is 0 Å². The van der Waals surface area contributed by atoms with Crippen LogP contribution in [0.3, 0.4) is 0 Å². The summed E-state index contributed by atoms with van der Waals surface area (Å²) in [7, 11) is 0. The fourth-order valence-corrected chi connectivity index (χ4v) is 4.05. The Kier molecular flexibility index (Phi) is 5.18. The lowest BCUT2D eigenvalue weighted by Gasteiger charge is -2.10. The van der Waals surface area contributed by atoms with E-state index in [0.717, 1.165) is 40.4 Å². The Morgan fingerprint density at radius 2 is 1.86 bits per heavy atom.